The van der Waals surface area contributed by atoms with Crippen molar-refractivity contribution in [2.24, 2.45) is 0 Å². The summed E-state index contributed by atoms with van der Waals surface area (Å²) in [4.78, 5) is 0. The van der Waals surface area contributed by atoms with Crippen molar-refractivity contribution in [1.82, 2.24) is 0 Å². The van der Waals surface area contributed by atoms with Gasteiger partial charge in [0.1, 0.15) is 0 Å². The van der Waals surface area contributed by atoms with Crippen LogP contribution in [0.4, 0.5) is 0 Å². The molecule has 0 aromatic rings. The Hall–Kier alpha value is 1.98. The quantitative estimate of drug-likeness (QED) is 0.507. The predicted octanol–water partition coefficient (Wildman–Crippen LogP) is 3.93. The van der Waals surface area contributed by atoms with E-state index in [-0.39, 0.29) is 17.6 Å². The molecule has 0 saturated heterocycles. The van der Waals surface area contributed by atoms with Crippen molar-refractivity contribution < 1.29 is 0 Å². The molecule has 0 fully saturated rings. The van der Waals surface area contributed by atoms with Crippen molar-refractivity contribution in [1.29, 1.82) is 0 Å². The van der Waals surface area contributed by atoms with Gasteiger partial charge in [0.15, 0.2) is 0 Å². The van der Waals surface area contributed by atoms with Crippen LogP contribution >= 0.6 is 0 Å². The van der Waals surface area contributed by atoms with Gasteiger partial charge in [0.2, 0.25) is 0 Å². The van der Waals surface area contributed by atoms with Gasteiger partial charge in [0.05, 0.1) is 0 Å². The fraction of sp³-hybridized carbons (Fsp3) is 1.00. The molecule has 0 heterocycles. The molecule has 6 radical (unpaired) electrons. The van der Waals surface area contributed by atoms with Crippen molar-refractivity contribution in [3.8, 4) is 0 Å². The van der Waals surface area contributed by atoms with E-state index in [1.807, 2.05) is 22.3 Å². The van der Waals surface area contributed by atoms with Gasteiger partial charge in [-0.2, -0.15) is 0 Å². The predicted molar refractivity (Wildman–Crippen MR) is 87.4 cm³/mol. The first-order valence-corrected chi connectivity index (χ1v) is 20.2. The summed E-state index contributed by atoms with van der Waals surface area (Å²) in [6.07, 6.45) is 0. The molecule has 0 spiro atoms. The molecule has 5 heteroatoms. The summed E-state index contributed by atoms with van der Waals surface area (Å²) in [7, 11) is 0.241. The van der Waals surface area contributed by atoms with Gasteiger partial charge < -0.3 is 0 Å². The SMILES string of the molecule is C[Si](C)(C)[Te].C[Si](C)C.C[Si](C)C.[CH3][Ge]. The fourth-order valence-corrected chi connectivity index (χ4v) is 0. The Morgan fingerprint density at radius 1 is 0.733 bits per heavy atom. The summed E-state index contributed by atoms with van der Waals surface area (Å²) in [5, 5.41) is 0. The second-order valence-corrected chi connectivity index (χ2v) is 25.8. The number of rotatable bonds is 0. The Morgan fingerprint density at radius 3 is 0.733 bits per heavy atom. The normalized spacial score (nSPS) is 9.20. The second-order valence-electron chi connectivity index (χ2n) is 5.11. The fourth-order valence-electron chi connectivity index (χ4n) is 0. The van der Waals surface area contributed by atoms with Crippen LogP contribution in [-0.4, -0.2) is 61.2 Å². The molecule has 0 atom stereocenters. The van der Waals surface area contributed by atoms with Crippen molar-refractivity contribution in [3.63, 3.8) is 0 Å². The zero-order valence-electron chi connectivity index (χ0n) is 12.4. The molecular formula is C10H30GeSi3Te. The molecule has 0 unspecified atom stereocenters. The first kappa shape index (κ1) is 25.7. The minimum atomic E-state index is -0.601. The Kier molecular flexibility index (Phi) is 31.5. The molecular weight excluding hydrogens is 405 g/mol. The maximum atomic E-state index is 2.33. The Balaban J connectivity index is -0.0000000562. The molecule has 0 aliphatic heterocycles. The van der Waals surface area contributed by atoms with E-state index in [0.29, 0.717) is 0 Å². The first-order valence-electron chi connectivity index (χ1n) is 5.20. The van der Waals surface area contributed by atoms with E-state index in [9.17, 15) is 0 Å². The second kappa shape index (κ2) is 18.4. The number of hydrogen-bond acceptors (Lipinski definition) is 0. The van der Waals surface area contributed by atoms with E-state index >= 15 is 0 Å². The molecule has 15 heavy (non-hydrogen) atoms. The van der Waals surface area contributed by atoms with Gasteiger partial charge >= 0.3 is 69.0 Å². The topological polar surface area (TPSA) is 0 Å². The van der Waals surface area contributed by atoms with Crippen molar-refractivity contribution in [2.45, 2.75) is 64.7 Å². The first-order chi connectivity index (χ1) is 6.46. The zero-order chi connectivity index (χ0) is 13.7. The van der Waals surface area contributed by atoms with E-state index in [4.69, 9.17) is 0 Å². The van der Waals surface area contributed by atoms with Crippen LogP contribution in [-0.2, 0) is 0 Å². The molecule has 0 amide bonds. The summed E-state index contributed by atoms with van der Waals surface area (Å²) < 4.78 is 0. The molecule has 0 aliphatic carbocycles. The van der Waals surface area contributed by atoms with Crippen LogP contribution in [0.15, 0.2) is 0 Å². The van der Waals surface area contributed by atoms with E-state index in [1.54, 1.807) is 0 Å². The molecule has 0 saturated carbocycles. The summed E-state index contributed by atoms with van der Waals surface area (Å²) in [6.45, 7) is 20.6. The van der Waals surface area contributed by atoms with Crippen molar-refractivity contribution >= 4 is 61.2 Å². The molecule has 0 aliphatic rings. The van der Waals surface area contributed by atoms with Crippen LogP contribution in [0.1, 0.15) is 0 Å². The minimum absolute atomic E-state index is 0.120. The molecule has 92 valence electrons. The van der Waals surface area contributed by atoms with Crippen LogP contribution in [0.2, 0.25) is 64.7 Å². The van der Waals surface area contributed by atoms with Gasteiger partial charge in [-0.25, -0.2) is 0 Å². The van der Waals surface area contributed by atoms with Gasteiger partial charge in [0, 0.05) is 17.6 Å². The molecule has 0 nitrogen and oxygen atoms in total. The van der Waals surface area contributed by atoms with E-state index in [0.717, 1.165) is 0 Å². The van der Waals surface area contributed by atoms with Gasteiger partial charge in [0.25, 0.3) is 0 Å². The Labute approximate surface area is 125 Å². The van der Waals surface area contributed by atoms with Gasteiger partial charge in [-0.05, 0) is 0 Å². The molecule has 0 aromatic carbocycles. The zero-order valence-corrected chi connectivity index (χ0v) is 19.8. The monoisotopic (exact) mass is 438 g/mol. The average molecular weight is 435 g/mol. The summed E-state index contributed by atoms with van der Waals surface area (Å²) in [6, 6.07) is 0. The van der Waals surface area contributed by atoms with Crippen LogP contribution in [0.5, 0.6) is 0 Å². The third-order valence-electron chi connectivity index (χ3n) is 0. The van der Waals surface area contributed by atoms with Gasteiger partial charge in [-0.1, -0.05) is 39.3 Å². The average Bonchev–Trinajstić information content (AvgIpc) is 1.83. The third-order valence-corrected chi connectivity index (χ3v) is 0. The van der Waals surface area contributed by atoms with E-state index < -0.39 is 5.62 Å². The molecule has 0 rings (SSSR count). The standard InChI is InChI=1S/C3H9SiTe.2C3H9Si.CH3Ge/c1-4(2,3)5;2*1-4(2)3;1-2/h1-3H3;2*1-3H3;1H3. The Morgan fingerprint density at radius 2 is 0.733 bits per heavy atom. The Bertz CT molecular complexity index is 75.6. The third kappa shape index (κ3) is 795. The van der Waals surface area contributed by atoms with Gasteiger partial charge in [-0.3, -0.25) is 0 Å². The van der Waals surface area contributed by atoms with Gasteiger partial charge in [-0.15, -0.1) is 0 Å². The van der Waals surface area contributed by atoms with Crippen LogP contribution in [0, 0.1) is 0 Å². The number of hydrogen-bond donors (Lipinski definition) is 0. The molecule has 0 N–H and O–H groups in total. The summed E-state index contributed by atoms with van der Waals surface area (Å²) >= 11 is 4.26. The van der Waals surface area contributed by atoms with E-state index in [1.165, 1.54) is 0 Å². The molecule has 0 bridgehead atoms. The summed E-state index contributed by atoms with van der Waals surface area (Å²) in [5.74, 6) is 2.00. The van der Waals surface area contributed by atoms with E-state index in [2.05, 4.69) is 80.4 Å². The van der Waals surface area contributed by atoms with Crippen molar-refractivity contribution in [3.05, 3.63) is 0 Å². The van der Waals surface area contributed by atoms with Crippen LogP contribution < -0.4 is 0 Å². The van der Waals surface area contributed by atoms with Crippen LogP contribution in [0.25, 0.3) is 0 Å². The van der Waals surface area contributed by atoms with Crippen molar-refractivity contribution in [2.75, 3.05) is 0 Å². The van der Waals surface area contributed by atoms with Crippen LogP contribution in [0.3, 0.4) is 0 Å². The maximum absolute atomic E-state index is 2.33. The molecule has 0 aromatic heterocycles. The summed E-state index contributed by atoms with van der Waals surface area (Å²) in [5.41, 5.74) is -0.601.